The highest BCUT2D eigenvalue weighted by molar-refractivity contribution is 6.48. The number of rotatable bonds is 6. The summed E-state index contributed by atoms with van der Waals surface area (Å²) < 4.78 is 0. The number of Topliss-reactive ketones (excluding diaryl/α,β-unsaturated/α-hetero) is 1. The van der Waals surface area contributed by atoms with Crippen molar-refractivity contribution >= 4 is 28.3 Å². The molecule has 156 valence electrons. The van der Waals surface area contributed by atoms with E-state index >= 15 is 0 Å². The fourth-order valence-corrected chi connectivity index (χ4v) is 4.09. The molecule has 1 fully saturated rings. The van der Waals surface area contributed by atoms with Crippen LogP contribution in [0.4, 0.5) is 5.69 Å². The summed E-state index contributed by atoms with van der Waals surface area (Å²) in [7, 11) is 0. The third kappa shape index (κ3) is 4.30. The van der Waals surface area contributed by atoms with E-state index in [0.29, 0.717) is 16.9 Å². The molecule has 0 bridgehead atoms. The average molecular weight is 405 g/mol. The number of hydrogen-bond acceptors (Lipinski definition) is 4. The Morgan fingerprint density at radius 3 is 2.33 bits per heavy atom. The number of aryl methyl sites for hydroxylation is 1. The summed E-state index contributed by atoms with van der Waals surface area (Å²) in [5.41, 5.74) is 3.83. The maximum absolute atomic E-state index is 12.8. The number of nitrogens with zero attached hydrogens (tertiary/aromatic N) is 2. The molecule has 6 nitrogen and oxygen atoms in total. The Morgan fingerprint density at radius 2 is 1.63 bits per heavy atom. The molecule has 6 heteroatoms. The van der Waals surface area contributed by atoms with E-state index in [1.54, 1.807) is 0 Å². The Morgan fingerprint density at radius 1 is 0.967 bits per heavy atom. The quantitative estimate of drug-likeness (QED) is 0.488. The van der Waals surface area contributed by atoms with Gasteiger partial charge in [0.25, 0.3) is 11.7 Å². The Bertz CT molecular complexity index is 1050. The topological polar surface area (TPSA) is 68.4 Å². The van der Waals surface area contributed by atoms with Gasteiger partial charge >= 0.3 is 0 Å². The zero-order valence-electron chi connectivity index (χ0n) is 17.6. The number of H-pyrrole nitrogens is 1. The number of benzene rings is 2. The second-order valence-electron chi connectivity index (χ2n) is 7.86. The number of fused-ring (bicyclic) bond motifs is 1. The first-order valence-electron chi connectivity index (χ1n) is 10.5. The Kier molecular flexibility index (Phi) is 5.97. The van der Waals surface area contributed by atoms with Gasteiger partial charge in [0.15, 0.2) is 0 Å². The molecule has 0 aliphatic carbocycles. The monoisotopic (exact) mass is 404 g/mol. The molecule has 0 spiro atoms. The van der Waals surface area contributed by atoms with Gasteiger partial charge in [0.05, 0.1) is 5.56 Å². The fraction of sp³-hybridized carbons (Fsp3) is 0.333. The molecule has 1 aromatic heterocycles. The molecule has 1 aliphatic heterocycles. The van der Waals surface area contributed by atoms with E-state index < -0.39 is 11.7 Å². The van der Waals surface area contributed by atoms with E-state index in [-0.39, 0.29) is 0 Å². The van der Waals surface area contributed by atoms with Crippen molar-refractivity contribution < 1.29 is 9.59 Å². The third-order valence-electron chi connectivity index (χ3n) is 5.86. The van der Waals surface area contributed by atoms with Gasteiger partial charge in [-0.2, -0.15) is 0 Å². The van der Waals surface area contributed by atoms with Gasteiger partial charge in [0.1, 0.15) is 0 Å². The van der Waals surface area contributed by atoms with E-state index in [4.69, 9.17) is 0 Å². The number of ketones is 1. The minimum absolute atomic E-state index is 0.436. The maximum Gasteiger partial charge on any atom is 0.296 e. The lowest BCUT2D eigenvalue weighted by Crippen LogP contribution is -2.45. The van der Waals surface area contributed by atoms with Gasteiger partial charge in [-0.05, 0) is 37.2 Å². The first-order valence-corrected chi connectivity index (χ1v) is 10.5. The molecule has 2 aromatic carbocycles. The minimum atomic E-state index is -0.619. The lowest BCUT2D eigenvalue weighted by molar-refractivity contribution is -0.112. The molecule has 1 amide bonds. The van der Waals surface area contributed by atoms with Gasteiger partial charge < -0.3 is 15.2 Å². The standard InChI is InChI=1S/C24H28N4O2/c1-3-27-12-14-28(15-13-27)16-18-8-10-19(11-9-18)26-24(30)23(29)22-17(2)25-21-7-5-4-6-20(21)22/h4-11,25H,3,12-16H2,1-2H3,(H,26,30). The van der Waals surface area contributed by atoms with Crippen molar-refractivity contribution in [3.63, 3.8) is 0 Å². The predicted molar refractivity (Wildman–Crippen MR) is 120 cm³/mol. The van der Waals surface area contributed by atoms with E-state index in [0.717, 1.165) is 50.2 Å². The number of anilines is 1. The largest absolute Gasteiger partial charge is 0.358 e. The number of amides is 1. The van der Waals surface area contributed by atoms with Crippen LogP contribution in [0.25, 0.3) is 10.9 Å². The summed E-state index contributed by atoms with van der Waals surface area (Å²) in [5, 5.41) is 3.52. The summed E-state index contributed by atoms with van der Waals surface area (Å²) in [6.07, 6.45) is 0. The molecule has 0 unspecified atom stereocenters. The summed E-state index contributed by atoms with van der Waals surface area (Å²) >= 11 is 0. The molecule has 1 aliphatic rings. The lowest BCUT2D eigenvalue weighted by Gasteiger charge is -2.34. The Balaban J connectivity index is 1.39. The highest BCUT2D eigenvalue weighted by Gasteiger charge is 2.22. The van der Waals surface area contributed by atoms with Crippen molar-refractivity contribution in [2.45, 2.75) is 20.4 Å². The smallest absolute Gasteiger partial charge is 0.296 e. The van der Waals surface area contributed by atoms with Crippen molar-refractivity contribution in [3.8, 4) is 0 Å². The van der Waals surface area contributed by atoms with E-state index in [2.05, 4.69) is 27.0 Å². The summed E-state index contributed by atoms with van der Waals surface area (Å²) in [4.78, 5) is 33.4. The van der Waals surface area contributed by atoms with Crippen LogP contribution in [0.1, 0.15) is 28.5 Å². The second kappa shape index (κ2) is 8.81. The minimum Gasteiger partial charge on any atom is -0.358 e. The summed E-state index contributed by atoms with van der Waals surface area (Å²) in [6, 6.07) is 15.3. The van der Waals surface area contributed by atoms with Crippen LogP contribution < -0.4 is 5.32 Å². The lowest BCUT2D eigenvalue weighted by atomic mass is 10.1. The van der Waals surface area contributed by atoms with Gasteiger partial charge in [-0.15, -0.1) is 0 Å². The number of carbonyl (C=O) groups excluding carboxylic acids is 2. The van der Waals surface area contributed by atoms with Gasteiger partial charge in [0, 0.05) is 55.0 Å². The first kappa shape index (κ1) is 20.3. The zero-order chi connectivity index (χ0) is 21.1. The normalized spacial score (nSPS) is 15.4. The van der Waals surface area contributed by atoms with Crippen molar-refractivity contribution in [2.75, 3.05) is 38.0 Å². The van der Waals surface area contributed by atoms with E-state index in [1.165, 1.54) is 5.56 Å². The molecule has 1 saturated heterocycles. The molecule has 0 saturated carbocycles. The van der Waals surface area contributed by atoms with Crippen LogP contribution in [-0.4, -0.2) is 59.2 Å². The van der Waals surface area contributed by atoms with Crippen LogP contribution in [0.15, 0.2) is 48.5 Å². The second-order valence-corrected chi connectivity index (χ2v) is 7.86. The number of piperazine rings is 1. The summed E-state index contributed by atoms with van der Waals surface area (Å²) in [6.45, 7) is 10.4. The molecule has 0 radical (unpaired) electrons. The van der Waals surface area contributed by atoms with Crippen molar-refractivity contribution in [2.24, 2.45) is 0 Å². The van der Waals surface area contributed by atoms with Crippen LogP contribution in [0, 0.1) is 6.92 Å². The highest BCUT2D eigenvalue weighted by atomic mass is 16.2. The SMILES string of the molecule is CCN1CCN(Cc2ccc(NC(=O)C(=O)c3c(C)[nH]c4ccccc34)cc2)CC1. The molecule has 4 rings (SSSR count). The highest BCUT2D eigenvalue weighted by Crippen LogP contribution is 2.23. The maximum atomic E-state index is 12.8. The Hall–Kier alpha value is -2.96. The number of carbonyl (C=O) groups is 2. The molecular weight excluding hydrogens is 376 g/mol. The number of para-hydroxylation sites is 1. The van der Waals surface area contributed by atoms with Crippen LogP contribution in [0.2, 0.25) is 0 Å². The van der Waals surface area contributed by atoms with Crippen molar-refractivity contribution in [1.82, 2.24) is 14.8 Å². The van der Waals surface area contributed by atoms with Crippen molar-refractivity contribution in [1.29, 1.82) is 0 Å². The Labute approximate surface area is 176 Å². The number of aromatic nitrogens is 1. The van der Waals surface area contributed by atoms with Gasteiger partial charge in [-0.1, -0.05) is 37.3 Å². The molecule has 2 heterocycles. The van der Waals surface area contributed by atoms with Gasteiger partial charge in [0.2, 0.25) is 0 Å². The van der Waals surface area contributed by atoms with E-state index in [9.17, 15) is 9.59 Å². The zero-order valence-corrected chi connectivity index (χ0v) is 17.6. The molecule has 2 N–H and O–H groups in total. The van der Waals surface area contributed by atoms with E-state index in [1.807, 2.05) is 55.5 Å². The molecule has 30 heavy (non-hydrogen) atoms. The summed E-state index contributed by atoms with van der Waals surface area (Å²) in [5.74, 6) is -1.14. The third-order valence-corrected chi connectivity index (χ3v) is 5.86. The fourth-order valence-electron chi connectivity index (χ4n) is 4.09. The number of hydrogen-bond donors (Lipinski definition) is 2. The molecular formula is C24H28N4O2. The van der Waals surface area contributed by atoms with Crippen LogP contribution in [-0.2, 0) is 11.3 Å². The number of likely N-dealkylation sites (N-methyl/N-ethyl adjacent to an activating group) is 1. The molecule has 3 aromatic rings. The number of nitrogens with one attached hydrogen (secondary N) is 2. The predicted octanol–water partition coefficient (Wildman–Crippen LogP) is 3.44. The van der Waals surface area contributed by atoms with Crippen molar-refractivity contribution in [3.05, 3.63) is 65.4 Å². The number of aromatic amines is 1. The van der Waals surface area contributed by atoms with Gasteiger partial charge in [-0.25, -0.2) is 0 Å². The van der Waals surface area contributed by atoms with Crippen LogP contribution >= 0.6 is 0 Å². The first-order chi connectivity index (χ1) is 14.5. The molecule has 0 atom stereocenters. The van der Waals surface area contributed by atoms with Crippen LogP contribution in [0.3, 0.4) is 0 Å². The van der Waals surface area contributed by atoms with Crippen LogP contribution in [0.5, 0.6) is 0 Å². The van der Waals surface area contributed by atoms with Gasteiger partial charge in [-0.3, -0.25) is 14.5 Å². The average Bonchev–Trinajstić information content (AvgIpc) is 3.10.